The molecule has 1 atom stereocenters. The molecule has 0 heterocycles. The Hall–Kier alpha value is -2.05. The highest BCUT2D eigenvalue weighted by atomic mass is 35.5. The zero-order valence-electron chi connectivity index (χ0n) is 14.2. The topological polar surface area (TPSA) is 55.4 Å². The van der Waals surface area contributed by atoms with E-state index in [0.29, 0.717) is 17.7 Å². The van der Waals surface area contributed by atoms with Crippen LogP contribution in [0.1, 0.15) is 22.3 Å². The van der Waals surface area contributed by atoms with Crippen LogP contribution < -0.4 is 5.32 Å². The van der Waals surface area contributed by atoms with Crippen molar-refractivity contribution in [2.24, 2.45) is 0 Å². The molecule has 1 unspecified atom stereocenters. The molecule has 26 heavy (non-hydrogen) atoms. The molecule has 2 aromatic carbocycles. The van der Waals surface area contributed by atoms with Crippen LogP contribution in [-0.2, 0) is 16.1 Å². The predicted molar refractivity (Wildman–Crippen MR) is 102 cm³/mol. The Kier molecular flexibility index (Phi) is 7.94. The molecular weight excluding hydrogens is 377 g/mol. The van der Waals surface area contributed by atoms with Crippen molar-refractivity contribution in [1.29, 1.82) is 0 Å². The Labute approximate surface area is 161 Å². The van der Waals surface area contributed by atoms with Crippen LogP contribution in [0.15, 0.2) is 48.5 Å². The summed E-state index contributed by atoms with van der Waals surface area (Å²) in [7, 11) is 0. The van der Waals surface area contributed by atoms with Crippen molar-refractivity contribution in [1.82, 2.24) is 5.32 Å². The van der Waals surface area contributed by atoms with Crippen molar-refractivity contribution in [2.45, 2.75) is 19.1 Å². The van der Waals surface area contributed by atoms with E-state index in [2.05, 4.69) is 5.32 Å². The van der Waals surface area contributed by atoms with Crippen molar-refractivity contribution in [3.63, 3.8) is 0 Å². The van der Waals surface area contributed by atoms with E-state index in [9.17, 15) is 14.0 Å². The van der Waals surface area contributed by atoms with Gasteiger partial charge in [-0.3, -0.25) is 4.79 Å². The first-order valence-corrected chi connectivity index (χ1v) is 9.74. The fourth-order valence-electron chi connectivity index (χ4n) is 2.23. The molecule has 0 saturated carbocycles. The molecule has 2 aromatic rings. The van der Waals surface area contributed by atoms with E-state index in [0.717, 1.165) is 0 Å². The third kappa shape index (κ3) is 5.75. The van der Waals surface area contributed by atoms with E-state index >= 15 is 0 Å². The number of hydrogen-bond acceptors (Lipinski definition) is 4. The van der Waals surface area contributed by atoms with Crippen LogP contribution in [0.5, 0.6) is 0 Å². The Balaban J connectivity index is 2.03. The minimum atomic E-state index is -0.819. The summed E-state index contributed by atoms with van der Waals surface area (Å²) in [5.74, 6) is -0.866. The Morgan fingerprint density at radius 3 is 2.58 bits per heavy atom. The zero-order valence-corrected chi connectivity index (χ0v) is 15.8. The maximum atomic E-state index is 13.8. The van der Waals surface area contributed by atoms with Crippen molar-refractivity contribution in [3.8, 4) is 0 Å². The second kappa shape index (κ2) is 10.2. The molecule has 2 rings (SSSR count). The van der Waals surface area contributed by atoms with Gasteiger partial charge in [0.05, 0.1) is 5.02 Å². The van der Waals surface area contributed by atoms with E-state index in [-0.39, 0.29) is 23.1 Å². The van der Waals surface area contributed by atoms with Crippen LogP contribution in [0.2, 0.25) is 5.02 Å². The molecule has 0 aromatic heterocycles. The van der Waals surface area contributed by atoms with Crippen molar-refractivity contribution in [2.75, 3.05) is 12.0 Å². The summed E-state index contributed by atoms with van der Waals surface area (Å²) in [6, 6.07) is 12.0. The molecular formula is C19H19ClFNO3S. The molecule has 0 spiro atoms. The molecule has 7 heteroatoms. The second-order valence-electron chi connectivity index (χ2n) is 5.48. The number of halogens is 2. The van der Waals surface area contributed by atoms with Crippen LogP contribution in [0, 0.1) is 5.82 Å². The number of benzene rings is 2. The number of thioether (sulfide) groups is 1. The first-order chi connectivity index (χ1) is 12.5. The number of hydrogen-bond donors (Lipinski definition) is 1. The molecule has 0 bridgehead atoms. The van der Waals surface area contributed by atoms with Crippen LogP contribution >= 0.6 is 23.4 Å². The summed E-state index contributed by atoms with van der Waals surface area (Å²) >= 11 is 7.49. The van der Waals surface area contributed by atoms with Gasteiger partial charge in [0.2, 0.25) is 0 Å². The van der Waals surface area contributed by atoms with Crippen LogP contribution in [0.3, 0.4) is 0 Å². The lowest BCUT2D eigenvalue weighted by molar-refractivity contribution is -0.147. The molecule has 0 radical (unpaired) electrons. The number of rotatable bonds is 8. The fourth-order valence-corrected chi connectivity index (χ4v) is 2.92. The molecule has 1 N–H and O–H groups in total. The van der Waals surface area contributed by atoms with Gasteiger partial charge in [-0.05, 0) is 42.7 Å². The van der Waals surface area contributed by atoms with Crippen molar-refractivity contribution in [3.05, 3.63) is 70.5 Å². The van der Waals surface area contributed by atoms with E-state index in [1.807, 2.05) is 6.26 Å². The quantitative estimate of drug-likeness (QED) is 0.684. The average Bonchev–Trinajstić information content (AvgIpc) is 2.65. The lowest BCUT2D eigenvalue weighted by atomic mass is 10.1. The number of carbonyl (C=O) groups excluding carboxylic acids is 2. The summed E-state index contributed by atoms with van der Waals surface area (Å²) < 4.78 is 19.0. The zero-order chi connectivity index (χ0) is 18.9. The lowest BCUT2D eigenvalue weighted by Gasteiger charge is -2.18. The molecule has 138 valence electrons. The maximum absolute atomic E-state index is 13.8. The van der Waals surface area contributed by atoms with Gasteiger partial charge in [-0.1, -0.05) is 35.9 Å². The fraction of sp³-hybridized carbons (Fsp3) is 0.263. The second-order valence-corrected chi connectivity index (χ2v) is 6.87. The summed E-state index contributed by atoms with van der Waals surface area (Å²) in [6.07, 6.45) is 2.31. The number of ether oxygens (including phenoxy) is 1. The molecule has 0 fully saturated rings. The first-order valence-electron chi connectivity index (χ1n) is 7.97. The number of amides is 1. The van der Waals surface area contributed by atoms with E-state index < -0.39 is 17.8 Å². The van der Waals surface area contributed by atoms with E-state index in [1.165, 1.54) is 18.2 Å². The molecule has 0 aliphatic rings. The average molecular weight is 396 g/mol. The third-order valence-corrected chi connectivity index (χ3v) is 4.65. The number of esters is 1. The van der Waals surface area contributed by atoms with Gasteiger partial charge in [0.25, 0.3) is 5.91 Å². The highest BCUT2D eigenvalue weighted by molar-refractivity contribution is 7.98. The van der Waals surface area contributed by atoms with Gasteiger partial charge < -0.3 is 10.1 Å². The SMILES string of the molecule is CSCCC(NC(=O)c1ccccc1)C(=O)OCc1c(F)cccc1Cl. The molecule has 0 saturated heterocycles. The Morgan fingerprint density at radius 2 is 1.92 bits per heavy atom. The van der Waals surface area contributed by atoms with Gasteiger partial charge in [0.15, 0.2) is 0 Å². The van der Waals surface area contributed by atoms with Gasteiger partial charge in [0, 0.05) is 11.1 Å². The maximum Gasteiger partial charge on any atom is 0.329 e. The minimum absolute atomic E-state index is 0.112. The molecule has 1 amide bonds. The predicted octanol–water partition coefficient (Wildman–Crippen LogP) is 4.07. The Morgan fingerprint density at radius 1 is 1.19 bits per heavy atom. The minimum Gasteiger partial charge on any atom is -0.459 e. The smallest absolute Gasteiger partial charge is 0.329 e. The van der Waals surface area contributed by atoms with Crippen LogP contribution in [-0.4, -0.2) is 29.9 Å². The Bertz CT molecular complexity index is 737. The largest absolute Gasteiger partial charge is 0.459 e. The normalized spacial score (nSPS) is 11.7. The van der Waals surface area contributed by atoms with Gasteiger partial charge in [0.1, 0.15) is 18.5 Å². The van der Waals surface area contributed by atoms with Crippen LogP contribution in [0.4, 0.5) is 4.39 Å². The van der Waals surface area contributed by atoms with E-state index in [1.54, 1.807) is 42.1 Å². The van der Waals surface area contributed by atoms with Crippen LogP contribution in [0.25, 0.3) is 0 Å². The number of nitrogens with one attached hydrogen (secondary N) is 1. The van der Waals surface area contributed by atoms with Gasteiger partial charge >= 0.3 is 5.97 Å². The summed E-state index contributed by atoms with van der Waals surface area (Å²) in [6.45, 7) is -0.290. The van der Waals surface area contributed by atoms with Crippen molar-refractivity contribution < 1.29 is 18.7 Å². The number of carbonyl (C=O) groups is 2. The monoisotopic (exact) mass is 395 g/mol. The third-order valence-electron chi connectivity index (χ3n) is 3.66. The highest BCUT2D eigenvalue weighted by Crippen LogP contribution is 2.20. The van der Waals surface area contributed by atoms with Gasteiger partial charge in [-0.15, -0.1) is 0 Å². The van der Waals surface area contributed by atoms with Crippen molar-refractivity contribution >= 4 is 35.2 Å². The molecule has 0 aliphatic carbocycles. The lowest BCUT2D eigenvalue weighted by Crippen LogP contribution is -2.42. The van der Waals surface area contributed by atoms with Gasteiger partial charge in [-0.2, -0.15) is 11.8 Å². The standard InChI is InChI=1S/C19H19ClFNO3S/c1-26-11-10-17(22-18(23)13-6-3-2-4-7-13)19(24)25-12-14-15(20)8-5-9-16(14)21/h2-9,17H,10-12H2,1H3,(H,22,23). The first kappa shape index (κ1) is 20.3. The van der Waals surface area contributed by atoms with Gasteiger partial charge in [-0.25, -0.2) is 9.18 Å². The molecule has 0 aliphatic heterocycles. The summed E-state index contributed by atoms with van der Waals surface area (Å²) in [4.78, 5) is 24.7. The van der Waals surface area contributed by atoms with E-state index in [4.69, 9.17) is 16.3 Å². The summed E-state index contributed by atoms with van der Waals surface area (Å²) in [5, 5.41) is 2.87. The highest BCUT2D eigenvalue weighted by Gasteiger charge is 2.23. The summed E-state index contributed by atoms with van der Waals surface area (Å²) in [5.41, 5.74) is 0.562. The molecule has 4 nitrogen and oxygen atoms in total.